The molecule has 24 heavy (non-hydrogen) atoms. The van der Waals surface area contributed by atoms with Crippen molar-refractivity contribution in [2.45, 2.75) is 24.2 Å². The van der Waals surface area contributed by atoms with Crippen LogP contribution in [0.2, 0.25) is 0 Å². The van der Waals surface area contributed by atoms with E-state index >= 15 is 0 Å². The molecule has 0 radical (unpaired) electrons. The zero-order chi connectivity index (χ0) is 17.6. The number of ether oxygens (including phenoxy) is 1. The normalized spacial score (nSPS) is 16.2. The summed E-state index contributed by atoms with van der Waals surface area (Å²) in [7, 11) is -2.28. The first kappa shape index (κ1) is 18.0. The molecule has 1 heterocycles. The SMILES string of the molecule is COC(=O)/C(C#N)=C\Nc1ccc(S(=O)(=O)N2CCCCC2)cc1. The molecule has 128 valence electrons. The zero-order valence-electron chi connectivity index (χ0n) is 13.4. The molecule has 1 fully saturated rings. The van der Waals surface area contributed by atoms with Crippen molar-refractivity contribution in [2.75, 3.05) is 25.5 Å². The number of nitriles is 1. The van der Waals surface area contributed by atoms with Gasteiger partial charge in [-0.1, -0.05) is 6.42 Å². The Hall–Kier alpha value is -2.37. The summed E-state index contributed by atoms with van der Waals surface area (Å²) in [5, 5.41) is 11.6. The Morgan fingerprint density at radius 3 is 2.42 bits per heavy atom. The fourth-order valence-corrected chi connectivity index (χ4v) is 3.90. The van der Waals surface area contributed by atoms with Gasteiger partial charge in [-0.15, -0.1) is 0 Å². The molecule has 1 aromatic rings. The molecule has 7 nitrogen and oxygen atoms in total. The van der Waals surface area contributed by atoms with E-state index in [1.165, 1.54) is 29.7 Å². The molecule has 0 saturated carbocycles. The van der Waals surface area contributed by atoms with Gasteiger partial charge in [0.2, 0.25) is 10.0 Å². The molecule has 8 heteroatoms. The number of piperidine rings is 1. The van der Waals surface area contributed by atoms with Crippen LogP contribution in [0.4, 0.5) is 5.69 Å². The maximum atomic E-state index is 12.5. The number of carbonyl (C=O) groups is 1. The van der Waals surface area contributed by atoms with E-state index in [9.17, 15) is 13.2 Å². The fourth-order valence-electron chi connectivity index (χ4n) is 2.38. The van der Waals surface area contributed by atoms with Crippen molar-refractivity contribution in [2.24, 2.45) is 0 Å². The number of esters is 1. The van der Waals surface area contributed by atoms with Gasteiger partial charge in [-0.3, -0.25) is 0 Å². The first-order chi connectivity index (χ1) is 11.5. The van der Waals surface area contributed by atoms with Gasteiger partial charge in [-0.2, -0.15) is 9.57 Å². The molecule has 0 amide bonds. The number of nitrogens with zero attached hydrogens (tertiary/aromatic N) is 2. The molecule has 0 aliphatic carbocycles. The van der Waals surface area contributed by atoms with Crippen LogP contribution < -0.4 is 5.32 Å². The highest BCUT2D eigenvalue weighted by atomic mass is 32.2. The molecular weight excluding hydrogens is 330 g/mol. The summed E-state index contributed by atoms with van der Waals surface area (Å²) < 4.78 is 31.0. The minimum absolute atomic E-state index is 0.178. The highest BCUT2D eigenvalue weighted by Crippen LogP contribution is 2.22. The maximum Gasteiger partial charge on any atom is 0.350 e. The molecule has 1 N–H and O–H groups in total. The molecule has 0 spiro atoms. The number of rotatable bonds is 5. The predicted octanol–water partition coefficient (Wildman–Crippen LogP) is 1.85. The molecule has 2 rings (SSSR count). The van der Waals surface area contributed by atoms with Crippen LogP contribution in [0.25, 0.3) is 0 Å². The molecule has 0 bridgehead atoms. The van der Waals surface area contributed by atoms with Gasteiger partial charge in [0.05, 0.1) is 12.0 Å². The van der Waals surface area contributed by atoms with Gasteiger partial charge in [0.25, 0.3) is 0 Å². The molecular formula is C16H19N3O4S. The number of carbonyl (C=O) groups excluding carboxylic acids is 1. The quantitative estimate of drug-likeness (QED) is 0.495. The summed E-state index contributed by atoms with van der Waals surface area (Å²) in [5.41, 5.74) is 0.381. The van der Waals surface area contributed by atoms with Gasteiger partial charge in [0.15, 0.2) is 5.57 Å². The minimum atomic E-state index is -3.47. The molecule has 0 unspecified atom stereocenters. The van der Waals surface area contributed by atoms with Crippen LogP contribution in [0.1, 0.15) is 19.3 Å². The Morgan fingerprint density at radius 2 is 1.88 bits per heavy atom. The monoisotopic (exact) mass is 349 g/mol. The Labute approximate surface area is 141 Å². The summed E-state index contributed by atoms with van der Waals surface area (Å²) in [6.07, 6.45) is 4.05. The third-order valence-electron chi connectivity index (χ3n) is 3.72. The number of sulfonamides is 1. The first-order valence-electron chi connectivity index (χ1n) is 7.54. The van der Waals surface area contributed by atoms with E-state index in [1.54, 1.807) is 18.2 Å². The number of benzene rings is 1. The Bertz CT molecular complexity index is 758. The molecule has 1 aliphatic rings. The van der Waals surface area contributed by atoms with E-state index in [2.05, 4.69) is 10.1 Å². The number of nitrogens with one attached hydrogen (secondary N) is 1. The van der Waals surface area contributed by atoms with Gasteiger partial charge < -0.3 is 10.1 Å². The molecule has 1 aromatic carbocycles. The van der Waals surface area contributed by atoms with Crippen LogP contribution in [0.3, 0.4) is 0 Å². The van der Waals surface area contributed by atoms with Crippen LogP contribution in [-0.2, 0) is 19.6 Å². The van der Waals surface area contributed by atoms with Crippen molar-refractivity contribution in [1.29, 1.82) is 5.26 Å². The summed E-state index contributed by atoms with van der Waals surface area (Å²) in [6, 6.07) is 7.90. The van der Waals surface area contributed by atoms with Gasteiger partial charge in [0.1, 0.15) is 6.07 Å². The van der Waals surface area contributed by atoms with E-state index < -0.39 is 16.0 Å². The Kier molecular flexibility index (Phi) is 5.95. The van der Waals surface area contributed by atoms with E-state index in [0.717, 1.165) is 19.3 Å². The standard InChI is InChI=1S/C16H19N3O4S/c1-23-16(20)13(11-17)12-18-14-5-7-15(8-6-14)24(21,22)19-9-3-2-4-10-19/h5-8,12,18H,2-4,9-10H2,1H3/b13-12-. The largest absolute Gasteiger partial charge is 0.465 e. The van der Waals surface area contributed by atoms with Crippen molar-refractivity contribution < 1.29 is 17.9 Å². The topological polar surface area (TPSA) is 99.5 Å². The second-order valence-electron chi connectivity index (χ2n) is 5.29. The summed E-state index contributed by atoms with van der Waals surface area (Å²) in [6.45, 7) is 1.10. The van der Waals surface area contributed by atoms with Gasteiger partial charge in [0, 0.05) is 25.0 Å². The lowest BCUT2D eigenvalue weighted by Crippen LogP contribution is -2.35. The summed E-state index contributed by atoms with van der Waals surface area (Å²) in [5.74, 6) is -0.741. The number of hydrogen-bond acceptors (Lipinski definition) is 6. The second kappa shape index (κ2) is 7.95. The average molecular weight is 349 g/mol. The summed E-state index contributed by atoms with van der Waals surface area (Å²) >= 11 is 0. The fraction of sp³-hybridized carbons (Fsp3) is 0.375. The molecule has 1 aliphatic heterocycles. The third-order valence-corrected chi connectivity index (χ3v) is 5.63. The van der Waals surface area contributed by atoms with Crippen LogP contribution in [0.5, 0.6) is 0 Å². The lowest BCUT2D eigenvalue weighted by molar-refractivity contribution is -0.135. The van der Waals surface area contributed by atoms with Crippen molar-refractivity contribution in [3.05, 3.63) is 36.0 Å². The van der Waals surface area contributed by atoms with Gasteiger partial charge in [-0.05, 0) is 37.1 Å². The van der Waals surface area contributed by atoms with Crippen LogP contribution in [0.15, 0.2) is 40.9 Å². The number of hydrogen-bond donors (Lipinski definition) is 1. The second-order valence-corrected chi connectivity index (χ2v) is 7.23. The van der Waals surface area contributed by atoms with Crippen molar-refractivity contribution in [1.82, 2.24) is 4.31 Å². The molecule has 1 saturated heterocycles. The summed E-state index contributed by atoms with van der Waals surface area (Å²) in [4.78, 5) is 11.5. The van der Waals surface area contributed by atoms with Crippen molar-refractivity contribution >= 4 is 21.7 Å². The lowest BCUT2D eigenvalue weighted by Gasteiger charge is -2.25. The first-order valence-corrected chi connectivity index (χ1v) is 8.98. The van der Waals surface area contributed by atoms with Crippen molar-refractivity contribution in [3.8, 4) is 6.07 Å². The van der Waals surface area contributed by atoms with E-state index in [0.29, 0.717) is 18.8 Å². The van der Waals surface area contributed by atoms with Gasteiger partial charge in [-0.25, -0.2) is 13.2 Å². The van der Waals surface area contributed by atoms with E-state index in [4.69, 9.17) is 5.26 Å². The lowest BCUT2D eigenvalue weighted by atomic mass is 10.2. The molecule has 0 aromatic heterocycles. The zero-order valence-corrected chi connectivity index (χ0v) is 14.2. The third kappa shape index (κ3) is 4.13. The average Bonchev–Trinajstić information content (AvgIpc) is 2.63. The van der Waals surface area contributed by atoms with Crippen LogP contribution >= 0.6 is 0 Å². The van der Waals surface area contributed by atoms with Crippen molar-refractivity contribution in [3.63, 3.8) is 0 Å². The number of methoxy groups -OCH3 is 1. The highest BCUT2D eigenvalue weighted by Gasteiger charge is 2.25. The highest BCUT2D eigenvalue weighted by molar-refractivity contribution is 7.89. The van der Waals surface area contributed by atoms with E-state index in [-0.39, 0.29) is 10.5 Å². The van der Waals surface area contributed by atoms with Gasteiger partial charge >= 0.3 is 5.97 Å². The maximum absolute atomic E-state index is 12.5. The molecule has 0 atom stereocenters. The predicted molar refractivity (Wildman–Crippen MR) is 88.4 cm³/mol. The van der Waals surface area contributed by atoms with Crippen LogP contribution in [0, 0.1) is 11.3 Å². The number of anilines is 1. The smallest absolute Gasteiger partial charge is 0.350 e. The Balaban J connectivity index is 2.12. The van der Waals surface area contributed by atoms with Crippen LogP contribution in [-0.4, -0.2) is 38.9 Å². The minimum Gasteiger partial charge on any atom is -0.465 e. The van der Waals surface area contributed by atoms with E-state index in [1.807, 2.05) is 0 Å². The Morgan fingerprint density at radius 1 is 1.25 bits per heavy atom.